The molecule has 0 atom stereocenters. The van der Waals surface area contributed by atoms with Crippen LogP contribution >= 0.6 is 0 Å². The number of hydrogen-bond acceptors (Lipinski definition) is 1. The van der Waals surface area contributed by atoms with Gasteiger partial charge in [0, 0.05) is 17.7 Å². The Morgan fingerprint density at radius 1 is 1.23 bits per heavy atom. The Balaban J connectivity index is 3.25. The van der Waals surface area contributed by atoms with Crippen molar-refractivity contribution in [2.24, 2.45) is 0 Å². The van der Waals surface area contributed by atoms with Crippen LogP contribution in [0.3, 0.4) is 0 Å². The van der Waals surface area contributed by atoms with Gasteiger partial charge in [-0.2, -0.15) is 5.10 Å². The van der Waals surface area contributed by atoms with Gasteiger partial charge in [0.25, 0.3) is 0 Å². The molecule has 0 N–H and O–H groups in total. The van der Waals surface area contributed by atoms with Crippen molar-refractivity contribution >= 4 is 0 Å². The number of aromatic nitrogens is 2. The van der Waals surface area contributed by atoms with Crippen molar-refractivity contribution in [3.8, 4) is 0 Å². The minimum atomic E-state index is 0.162. The smallest absolute Gasteiger partial charge is 0.0709 e. The third-order valence-electron chi connectivity index (χ3n) is 2.52. The SMILES string of the molecule is CCn1nc(C(C)(C)C)c(C)c1C. The molecule has 0 amide bonds. The summed E-state index contributed by atoms with van der Waals surface area (Å²) in [4.78, 5) is 0. The summed E-state index contributed by atoms with van der Waals surface area (Å²) in [6.07, 6.45) is 0. The molecule has 0 unspecified atom stereocenters. The monoisotopic (exact) mass is 180 g/mol. The summed E-state index contributed by atoms with van der Waals surface area (Å²) in [6, 6.07) is 0. The van der Waals surface area contributed by atoms with Crippen LogP contribution in [0.5, 0.6) is 0 Å². The van der Waals surface area contributed by atoms with Gasteiger partial charge in [-0.1, -0.05) is 20.8 Å². The van der Waals surface area contributed by atoms with Crippen LogP contribution in [0, 0.1) is 13.8 Å². The molecule has 0 aromatic carbocycles. The predicted octanol–water partition coefficient (Wildman–Crippen LogP) is 2.82. The molecule has 1 rings (SSSR count). The van der Waals surface area contributed by atoms with E-state index in [1.807, 2.05) is 0 Å². The second-order valence-electron chi connectivity index (χ2n) is 4.62. The molecular formula is C11H20N2. The van der Waals surface area contributed by atoms with E-state index in [2.05, 4.69) is 51.3 Å². The first kappa shape index (κ1) is 10.3. The van der Waals surface area contributed by atoms with Crippen molar-refractivity contribution in [3.05, 3.63) is 17.0 Å². The zero-order chi connectivity index (χ0) is 10.2. The fourth-order valence-corrected chi connectivity index (χ4v) is 1.66. The lowest BCUT2D eigenvalue weighted by atomic mass is 9.89. The standard InChI is InChI=1S/C11H20N2/c1-7-13-9(3)8(2)10(12-13)11(4,5)6/h7H2,1-6H3. The first-order valence-corrected chi connectivity index (χ1v) is 4.92. The van der Waals surface area contributed by atoms with Gasteiger partial charge in [0.05, 0.1) is 5.69 Å². The van der Waals surface area contributed by atoms with E-state index in [0.29, 0.717) is 0 Å². The first-order valence-electron chi connectivity index (χ1n) is 4.92. The molecule has 1 heterocycles. The van der Waals surface area contributed by atoms with Gasteiger partial charge in [0.1, 0.15) is 0 Å². The first-order chi connectivity index (χ1) is 5.88. The predicted molar refractivity (Wildman–Crippen MR) is 56.1 cm³/mol. The highest BCUT2D eigenvalue weighted by Gasteiger charge is 2.21. The summed E-state index contributed by atoms with van der Waals surface area (Å²) in [7, 11) is 0. The van der Waals surface area contributed by atoms with Crippen molar-refractivity contribution in [1.29, 1.82) is 0 Å². The summed E-state index contributed by atoms with van der Waals surface area (Å²) < 4.78 is 2.08. The lowest BCUT2D eigenvalue weighted by Gasteiger charge is -2.16. The number of rotatable bonds is 1. The number of aryl methyl sites for hydroxylation is 1. The molecule has 0 aliphatic heterocycles. The molecule has 0 aliphatic rings. The largest absolute Gasteiger partial charge is 0.270 e. The summed E-state index contributed by atoms with van der Waals surface area (Å²) in [5.41, 5.74) is 4.03. The van der Waals surface area contributed by atoms with Crippen molar-refractivity contribution in [2.45, 2.75) is 53.5 Å². The van der Waals surface area contributed by atoms with Crippen molar-refractivity contribution < 1.29 is 0 Å². The highest BCUT2D eigenvalue weighted by Crippen LogP contribution is 2.25. The minimum absolute atomic E-state index is 0.162. The van der Waals surface area contributed by atoms with Crippen molar-refractivity contribution in [1.82, 2.24) is 9.78 Å². The Morgan fingerprint density at radius 2 is 1.77 bits per heavy atom. The topological polar surface area (TPSA) is 17.8 Å². The van der Waals surface area contributed by atoms with E-state index in [9.17, 15) is 0 Å². The summed E-state index contributed by atoms with van der Waals surface area (Å²) in [5.74, 6) is 0. The minimum Gasteiger partial charge on any atom is -0.270 e. The fraction of sp³-hybridized carbons (Fsp3) is 0.727. The highest BCUT2D eigenvalue weighted by molar-refractivity contribution is 5.28. The maximum atomic E-state index is 4.62. The van der Waals surface area contributed by atoms with Crippen LogP contribution in [0.1, 0.15) is 44.6 Å². The Labute approximate surface area is 81.0 Å². The number of hydrogen-bond donors (Lipinski definition) is 0. The van der Waals surface area contributed by atoms with Crippen LogP contribution in [-0.4, -0.2) is 9.78 Å². The zero-order valence-electron chi connectivity index (χ0n) is 9.60. The third-order valence-corrected chi connectivity index (χ3v) is 2.52. The molecule has 1 aromatic heterocycles. The Kier molecular flexibility index (Phi) is 2.51. The second-order valence-corrected chi connectivity index (χ2v) is 4.62. The van der Waals surface area contributed by atoms with Crippen LogP contribution in [-0.2, 0) is 12.0 Å². The average Bonchev–Trinajstić information content (AvgIpc) is 2.28. The molecule has 0 aliphatic carbocycles. The Hall–Kier alpha value is -0.790. The summed E-state index contributed by atoms with van der Waals surface area (Å²) >= 11 is 0. The summed E-state index contributed by atoms with van der Waals surface area (Å²) in [6.45, 7) is 14.0. The van der Waals surface area contributed by atoms with E-state index in [1.54, 1.807) is 0 Å². The fourth-order valence-electron chi connectivity index (χ4n) is 1.66. The quantitative estimate of drug-likeness (QED) is 0.650. The molecule has 2 heteroatoms. The molecule has 0 radical (unpaired) electrons. The van der Waals surface area contributed by atoms with Gasteiger partial charge in [0.2, 0.25) is 0 Å². The molecule has 2 nitrogen and oxygen atoms in total. The van der Waals surface area contributed by atoms with Crippen molar-refractivity contribution in [2.75, 3.05) is 0 Å². The van der Waals surface area contributed by atoms with Crippen molar-refractivity contribution in [3.63, 3.8) is 0 Å². The lowest BCUT2D eigenvalue weighted by molar-refractivity contribution is 0.537. The van der Waals surface area contributed by atoms with Crippen LogP contribution in [0.4, 0.5) is 0 Å². The maximum Gasteiger partial charge on any atom is 0.0709 e. The van der Waals surface area contributed by atoms with Gasteiger partial charge in [-0.05, 0) is 26.3 Å². The average molecular weight is 180 g/mol. The van der Waals surface area contributed by atoms with Crippen LogP contribution < -0.4 is 0 Å². The lowest BCUT2D eigenvalue weighted by Crippen LogP contribution is -2.14. The van der Waals surface area contributed by atoms with E-state index >= 15 is 0 Å². The third kappa shape index (κ3) is 1.77. The van der Waals surface area contributed by atoms with Gasteiger partial charge >= 0.3 is 0 Å². The van der Waals surface area contributed by atoms with E-state index in [0.717, 1.165) is 6.54 Å². The van der Waals surface area contributed by atoms with Gasteiger partial charge < -0.3 is 0 Å². The van der Waals surface area contributed by atoms with Gasteiger partial charge in [0.15, 0.2) is 0 Å². The van der Waals surface area contributed by atoms with Crippen LogP contribution in [0.2, 0.25) is 0 Å². The molecule has 0 saturated carbocycles. The van der Waals surface area contributed by atoms with Gasteiger partial charge in [-0.15, -0.1) is 0 Å². The van der Waals surface area contributed by atoms with Gasteiger partial charge in [-0.3, -0.25) is 4.68 Å². The Bertz CT molecular complexity index is 303. The molecule has 0 spiro atoms. The second kappa shape index (κ2) is 3.17. The Morgan fingerprint density at radius 3 is 2.00 bits per heavy atom. The van der Waals surface area contributed by atoms with Crippen LogP contribution in [0.15, 0.2) is 0 Å². The number of nitrogens with zero attached hydrogens (tertiary/aromatic N) is 2. The maximum absolute atomic E-state index is 4.62. The van der Waals surface area contributed by atoms with E-state index in [4.69, 9.17) is 0 Å². The molecule has 13 heavy (non-hydrogen) atoms. The van der Waals surface area contributed by atoms with E-state index in [-0.39, 0.29) is 5.41 Å². The highest BCUT2D eigenvalue weighted by atomic mass is 15.3. The molecule has 74 valence electrons. The zero-order valence-corrected chi connectivity index (χ0v) is 9.60. The molecule has 0 fully saturated rings. The summed E-state index contributed by atoms with van der Waals surface area (Å²) in [5, 5.41) is 4.62. The van der Waals surface area contributed by atoms with E-state index in [1.165, 1.54) is 17.0 Å². The molecule has 1 aromatic rings. The molecular weight excluding hydrogens is 160 g/mol. The normalized spacial score (nSPS) is 12.2. The van der Waals surface area contributed by atoms with E-state index < -0.39 is 0 Å². The van der Waals surface area contributed by atoms with Gasteiger partial charge in [-0.25, -0.2) is 0 Å². The van der Waals surface area contributed by atoms with Crippen LogP contribution in [0.25, 0.3) is 0 Å². The molecule has 0 saturated heterocycles. The molecule has 0 bridgehead atoms.